The Morgan fingerprint density at radius 1 is 1.02 bits per heavy atom. The highest BCUT2D eigenvalue weighted by atomic mass is 28.3. The molecule has 4 rings (SSSR count). The summed E-state index contributed by atoms with van der Waals surface area (Å²) in [5, 5.41) is 11.4. The van der Waals surface area contributed by atoms with Gasteiger partial charge < -0.3 is 29.0 Å². The zero-order valence-electron chi connectivity index (χ0n) is 26.7. The first kappa shape index (κ1) is 33.0. The average Bonchev–Trinajstić information content (AvgIpc) is 2.95. The number of benzene rings is 3. The Morgan fingerprint density at radius 3 is 2.47 bits per heavy atom. The molecule has 1 fully saturated rings. The molecule has 0 spiro atoms. The van der Waals surface area contributed by atoms with Gasteiger partial charge in [0.25, 0.3) is 0 Å². The first-order valence-corrected chi connectivity index (χ1v) is 19.1. The van der Waals surface area contributed by atoms with E-state index in [1.54, 1.807) is 4.90 Å². The lowest BCUT2D eigenvalue weighted by Gasteiger charge is -2.39. The molecule has 1 heterocycles. The number of hydrogen-bond acceptors (Lipinski definition) is 6. The van der Waals surface area contributed by atoms with Crippen molar-refractivity contribution in [3.8, 4) is 5.75 Å². The molecule has 0 radical (unpaired) electrons. The van der Waals surface area contributed by atoms with Gasteiger partial charge in [0, 0.05) is 39.1 Å². The van der Waals surface area contributed by atoms with E-state index in [-0.39, 0.29) is 31.5 Å². The fourth-order valence-corrected chi connectivity index (χ4v) is 6.06. The van der Waals surface area contributed by atoms with Crippen LogP contribution in [0.4, 0.5) is 4.79 Å². The van der Waals surface area contributed by atoms with Crippen LogP contribution < -0.4 is 4.74 Å². The number of ether oxygens (including phenoxy) is 4. The van der Waals surface area contributed by atoms with Crippen LogP contribution in [-0.4, -0.2) is 69.0 Å². The SMILES string of the molecule is CC(C)(C)OC(=O)N1CCC(c2ccc(CCO)cc2)C(OCc2cc(OCOCC[Si](C)(C)C)c3ccccc3c2)C1. The third kappa shape index (κ3) is 10.1. The van der Waals surface area contributed by atoms with Crippen molar-refractivity contribution in [1.82, 2.24) is 4.90 Å². The summed E-state index contributed by atoms with van der Waals surface area (Å²) in [5.41, 5.74) is 2.71. The van der Waals surface area contributed by atoms with Gasteiger partial charge in [0.05, 0.1) is 19.3 Å². The van der Waals surface area contributed by atoms with Crippen LogP contribution in [0.2, 0.25) is 25.7 Å². The van der Waals surface area contributed by atoms with E-state index in [1.807, 2.05) is 39.0 Å². The summed E-state index contributed by atoms with van der Waals surface area (Å²) in [6, 6.07) is 21.9. The highest BCUT2D eigenvalue weighted by Gasteiger charge is 2.35. The maximum atomic E-state index is 13.0. The van der Waals surface area contributed by atoms with Crippen LogP contribution in [0.15, 0.2) is 60.7 Å². The van der Waals surface area contributed by atoms with E-state index in [0.29, 0.717) is 32.7 Å². The van der Waals surface area contributed by atoms with Gasteiger partial charge in [0.1, 0.15) is 11.4 Å². The van der Waals surface area contributed by atoms with Crippen molar-refractivity contribution in [3.63, 3.8) is 0 Å². The van der Waals surface area contributed by atoms with Gasteiger partial charge in [-0.15, -0.1) is 0 Å². The van der Waals surface area contributed by atoms with Crippen molar-refractivity contribution >= 4 is 24.9 Å². The lowest BCUT2D eigenvalue weighted by molar-refractivity contribution is -0.0360. The summed E-state index contributed by atoms with van der Waals surface area (Å²) in [6.45, 7) is 15.1. The molecule has 0 aromatic heterocycles. The molecule has 0 saturated carbocycles. The molecule has 7 nitrogen and oxygen atoms in total. The van der Waals surface area contributed by atoms with Gasteiger partial charge in [0.15, 0.2) is 6.79 Å². The Morgan fingerprint density at radius 2 is 1.77 bits per heavy atom. The molecule has 2 unspecified atom stereocenters. The highest BCUT2D eigenvalue weighted by molar-refractivity contribution is 6.76. The third-order valence-corrected chi connectivity index (χ3v) is 9.37. The minimum atomic E-state index is -1.17. The summed E-state index contributed by atoms with van der Waals surface area (Å²) in [4.78, 5) is 14.7. The van der Waals surface area contributed by atoms with Crippen LogP contribution in [0.1, 0.15) is 49.8 Å². The second-order valence-electron chi connectivity index (χ2n) is 13.7. The molecule has 0 aliphatic carbocycles. The maximum absolute atomic E-state index is 13.0. The fraction of sp³-hybridized carbons (Fsp3) is 0.514. The average molecular weight is 608 g/mol. The van der Waals surface area contributed by atoms with Crippen LogP contribution in [-0.2, 0) is 27.2 Å². The Balaban J connectivity index is 1.51. The molecular formula is C35H49NO6Si. The minimum Gasteiger partial charge on any atom is -0.467 e. The number of piperidine rings is 1. The number of amides is 1. The van der Waals surface area contributed by atoms with Gasteiger partial charge in [-0.05, 0) is 73.9 Å². The van der Waals surface area contributed by atoms with Crippen LogP contribution in [0, 0.1) is 0 Å². The Bertz CT molecular complexity index is 1330. The number of likely N-dealkylation sites (tertiary alicyclic amines) is 1. The highest BCUT2D eigenvalue weighted by Crippen LogP contribution is 2.33. The maximum Gasteiger partial charge on any atom is 0.410 e. The summed E-state index contributed by atoms with van der Waals surface area (Å²) >= 11 is 0. The molecule has 234 valence electrons. The number of rotatable bonds is 12. The molecule has 1 N–H and O–H groups in total. The van der Waals surface area contributed by atoms with Gasteiger partial charge in [-0.2, -0.15) is 0 Å². The summed E-state index contributed by atoms with van der Waals surface area (Å²) < 4.78 is 24.3. The van der Waals surface area contributed by atoms with Crippen LogP contribution in [0.5, 0.6) is 5.75 Å². The number of carbonyl (C=O) groups excluding carboxylic acids is 1. The van der Waals surface area contributed by atoms with E-state index >= 15 is 0 Å². The summed E-state index contributed by atoms with van der Waals surface area (Å²) in [7, 11) is -1.17. The number of aliphatic hydroxyl groups excluding tert-OH is 1. The van der Waals surface area contributed by atoms with Gasteiger partial charge in [-0.3, -0.25) is 0 Å². The Kier molecular flexibility index (Phi) is 11.3. The lowest BCUT2D eigenvalue weighted by atomic mass is 9.86. The van der Waals surface area contributed by atoms with E-state index in [4.69, 9.17) is 18.9 Å². The molecule has 43 heavy (non-hydrogen) atoms. The second-order valence-corrected chi connectivity index (χ2v) is 19.3. The predicted molar refractivity (Wildman–Crippen MR) is 175 cm³/mol. The van der Waals surface area contributed by atoms with Crippen molar-refractivity contribution in [2.24, 2.45) is 0 Å². The van der Waals surface area contributed by atoms with E-state index in [1.165, 1.54) is 5.56 Å². The Hall–Kier alpha value is -2.91. The number of nitrogens with zero attached hydrogens (tertiary/aromatic N) is 1. The van der Waals surface area contributed by atoms with E-state index in [0.717, 1.165) is 40.1 Å². The van der Waals surface area contributed by atoms with Gasteiger partial charge in [-0.1, -0.05) is 68.2 Å². The van der Waals surface area contributed by atoms with E-state index in [2.05, 4.69) is 62.1 Å². The molecule has 8 heteroatoms. The molecule has 1 amide bonds. The van der Waals surface area contributed by atoms with Crippen LogP contribution in [0.25, 0.3) is 10.8 Å². The minimum absolute atomic E-state index is 0.123. The first-order valence-electron chi connectivity index (χ1n) is 15.4. The summed E-state index contributed by atoms with van der Waals surface area (Å²) in [5.74, 6) is 0.901. The topological polar surface area (TPSA) is 77.5 Å². The molecule has 3 aromatic carbocycles. The molecule has 1 saturated heterocycles. The Labute approximate surface area is 258 Å². The van der Waals surface area contributed by atoms with Crippen molar-refractivity contribution in [1.29, 1.82) is 0 Å². The molecular weight excluding hydrogens is 558 g/mol. The lowest BCUT2D eigenvalue weighted by Crippen LogP contribution is -2.48. The van der Waals surface area contributed by atoms with Crippen LogP contribution >= 0.6 is 0 Å². The zero-order valence-corrected chi connectivity index (χ0v) is 27.7. The quantitative estimate of drug-likeness (QED) is 0.132. The fourth-order valence-electron chi connectivity index (χ4n) is 5.30. The molecule has 0 bridgehead atoms. The van der Waals surface area contributed by atoms with Crippen molar-refractivity contribution < 1.29 is 28.8 Å². The second kappa shape index (κ2) is 14.7. The zero-order chi connectivity index (χ0) is 31.0. The van der Waals surface area contributed by atoms with E-state index < -0.39 is 13.7 Å². The largest absolute Gasteiger partial charge is 0.467 e. The number of aliphatic hydroxyl groups is 1. The molecule has 1 aliphatic rings. The third-order valence-electron chi connectivity index (χ3n) is 7.66. The first-order chi connectivity index (χ1) is 20.4. The van der Waals surface area contributed by atoms with Crippen molar-refractivity contribution in [2.45, 2.75) is 83.5 Å². The number of carbonyl (C=O) groups is 1. The van der Waals surface area contributed by atoms with Gasteiger partial charge in [0.2, 0.25) is 0 Å². The predicted octanol–water partition coefficient (Wildman–Crippen LogP) is 7.38. The van der Waals surface area contributed by atoms with E-state index in [9.17, 15) is 9.90 Å². The smallest absolute Gasteiger partial charge is 0.410 e. The number of hydrogen-bond donors (Lipinski definition) is 1. The molecule has 1 aliphatic heterocycles. The van der Waals surface area contributed by atoms with Crippen molar-refractivity contribution in [3.05, 3.63) is 77.4 Å². The molecule has 3 aromatic rings. The summed E-state index contributed by atoms with van der Waals surface area (Å²) in [6.07, 6.45) is 0.871. The van der Waals surface area contributed by atoms with Crippen molar-refractivity contribution in [2.75, 3.05) is 33.1 Å². The normalized spacial score (nSPS) is 17.7. The van der Waals surface area contributed by atoms with Crippen LogP contribution in [0.3, 0.4) is 0 Å². The van der Waals surface area contributed by atoms with Gasteiger partial charge in [-0.25, -0.2) is 4.79 Å². The standard InChI is InChI=1S/C35H49NO6Si/c1-35(2,3)42-34(38)36-17-15-31(28-13-11-26(12-14-28)16-18-37)33(23-36)40-24-27-21-29-9-7-8-10-30(29)32(22-27)41-25-39-19-20-43(4,5)6/h7-14,21-22,31,33,37H,15-20,23-25H2,1-6H3. The molecule has 2 atom stereocenters. The number of fused-ring (bicyclic) bond motifs is 1. The van der Waals surface area contributed by atoms with Gasteiger partial charge >= 0.3 is 6.09 Å². The monoisotopic (exact) mass is 607 g/mol.